The van der Waals surface area contributed by atoms with Crippen LogP contribution in [0, 0.1) is 17.6 Å². The van der Waals surface area contributed by atoms with Crippen LogP contribution in [0.2, 0.25) is 0 Å². The third kappa shape index (κ3) is 4.62. The van der Waals surface area contributed by atoms with E-state index in [9.17, 15) is 18.4 Å². The molecule has 1 heterocycles. The topological polar surface area (TPSA) is 86.9 Å². The first-order chi connectivity index (χ1) is 11.8. The highest BCUT2D eigenvalue weighted by molar-refractivity contribution is 5.96. The van der Waals surface area contributed by atoms with E-state index < -0.39 is 29.5 Å². The fourth-order valence-corrected chi connectivity index (χ4v) is 2.36. The van der Waals surface area contributed by atoms with Crippen LogP contribution in [0.4, 0.5) is 8.78 Å². The highest BCUT2D eigenvalue weighted by Crippen LogP contribution is 2.18. The zero-order valence-electron chi connectivity index (χ0n) is 14.2. The summed E-state index contributed by atoms with van der Waals surface area (Å²) in [6, 6.07) is 3.46. The molecule has 2 rings (SSSR count). The molecule has 0 aliphatic rings. The molecule has 6 nitrogen and oxygen atoms in total. The molecule has 0 spiro atoms. The lowest BCUT2D eigenvalue weighted by atomic mass is 10.1. The van der Waals surface area contributed by atoms with Crippen LogP contribution in [-0.4, -0.2) is 29.1 Å². The molecule has 8 heteroatoms. The number of carbonyl (C=O) groups is 2. The van der Waals surface area contributed by atoms with Crippen molar-refractivity contribution in [3.8, 4) is 0 Å². The van der Waals surface area contributed by atoms with E-state index >= 15 is 0 Å². The zero-order valence-corrected chi connectivity index (χ0v) is 14.2. The Morgan fingerprint density at radius 2 is 1.92 bits per heavy atom. The van der Waals surface area contributed by atoms with Gasteiger partial charge in [0.15, 0.2) is 11.6 Å². The molecule has 1 unspecified atom stereocenters. The van der Waals surface area contributed by atoms with Crippen molar-refractivity contribution in [1.29, 1.82) is 0 Å². The normalized spacial score (nSPS) is 12.1. The Morgan fingerprint density at radius 3 is 2.52 bits per heavy atom. The fourth-order valence-electron chi connectivity index (χ4n) is 2.36. The molecule has 0 saturated heterocycles. The van der Waals surface area contributed by atoms with Gasteiger partial charge in [-0.3, -0.25) is 14.7 Å². The van der Waals surface area contributed by atoms with Gasteiger partial charge in [0.25, 0.3) is 5.91 Å². The van der Waals surface area contributed by atoms with Crippen LogP contribution in [0.25, 0.3) is 0 Å². The van der Waals surface area contributed by atoms with Crippen LogP contribution < -0.4 is 10.6 Å². The summed E-state index contributed by atoms with van der Waals surface area (Å²) in [7, 11) is 1.39. The lowest BCUT2D eigenvalue weighted by molar-refractivity contribution is -0.122. The Hall–Kier alpha value is -2.77. The first-order valence-corrected chi connectivity index (χ1v) is 7.83. The molecule has 1 atom stereocenters. The SMILES string of the molecule is CNC(=O)C(NC(=O)c1cc(CC(C)C)[nH]n1)c1ccc(F)c(F)c1. The van der Waals surface area contributed by atoms with Gasteiger partial charge in [-0.05, 0) is 36.1 Å². The minimum absolute atomic E-state index is 0.118. The minimum atomic E-state index is -1.17. The number of aromatic amines is 1. The predicted molar refractivity (Wildman–Crippen MR) is 87.8 cm³/mol. The quantitative estimate of drug-likeness (QED) is 0.746. The smallest absolute Gasteiger partial charge is 0.272 e. The van der Waals surface area contributed by atoms with Crippen molar-refractivity contribution in [3.63, 3.8) is 0 Å². The number of nitrogens with zero attached hydrogens (tertiary/aromatic N) is 1. The molecule has 1 aromatic carbocycles. The molecule has 0 aliphatic carbocycles. The number of amides is 2. The summed E-state index contributed by atoms with van der Waals surface area (Å²) in [4.78, 5) is 24.4. The average molecular weight is 350 g/mol. The number of rotatable bonds is 6. The Bertz CT molecular complexity index is 774. The van der Waals surface area contributed by atoms with E-state index in [0.717, 1.165) is 24.2 Å². The fraction of sp³-hybridized carbons (Fsp3) is 0.353. The summed E-state index contributed by atoms with van der Waals surface area (Å²) in [6.07, 6.45) is 0.725. The standard InChI is InChI=1S/C17H20F2N4O2/c1-9(2)6-11-8-14(23-22-11)16(24)21-15(17(25)20-3)10-4-5-12(18)13(19)7-10/h4-5,7-9,15H,6H2,1-3H3,(H,20,25)(H,21,24)(H,22,23). The molecule has 0 radical (unpaired) electrons. The van der Waals surface area contributed by atoms with E-state index in [2.05, 4.69) is 20.8 Å². The third-order valence-electron chi connectivity index (χ3n) is 3.55. The number of H-pyrrole nitrogens is 1. The van der Waals surface area contributed by atoms with Gasteiger partial charge in [-0.15, -0.1) is 0 Å². The highest BCUT2D eigenvalue weighted by atomic mass is 19.2. The maximum absolute atomic E-state index is 13.5. The second-order valence-electron chi connectivity index (χ2n) is 6.07. The lowest BCUT2D eigenvalue weighted by Gasteiger charge is -2.17. The summed E-state index contributed by atoms with van der Waals surface area (Å²) < 4.78 is 26.6. The van der Waals surface area contributed by atoms with Gasteiger partial charge in [-0.1, -0.05) is 19.9 Å². The van der Waals surface area contributed by atoms with Crippen molar-refractivity contribution in [1.82, 2.24) is 20.8 Å². The number of carbonyl (C=O) groups excluding carboxylic acids is 2. The van der Waals surface area contributed by atoms with Crippen LogP contribution in [0.1, 0.15) is 41.6 Å². The summed E-state index contributed by atoms with van der Waals surface area (Å²) in [5, 5.41) is 11.6. The number of likely N-dealkylation sites (N-methyl/N-ethyl adjacent to an activating group) is 1. The van der Waals surface area contributed by atoms with Gasteiger partial charge in [0.05, 0.1) is 0 Å². The number of aromatic nitrogens is 2. The predicted octanol–water partition coefficient (Wildman–Crippen LogP) is 2.10. The molecule has 2 aromatic rings. The molecule has 3 N–H and O–H groups in total. The van der Waals surface area contributed by atoms with E-state index in [0.29, 0.717) is 5.92 Å². The number of benzene rings is 1. The van der Waals surface area contributed by atoms with Crippen molar-refractivity contribution >= 4 is 11.8 Å². The van der Waals surface area contributed by atoms with Crippen LogP contribution in [0.3, 0.4) is 0 Å². The van der Waals surface area contributed by atoms with E-state index in [-0.39, 0.29) is 11.3 Å². The summed E-state index contributed by atoms with van der Waals surface area (Å²) >= 11 is 0. The van der Waals surface area contributed by atoms with Gasteiger partial charge in [0.2, 0.25) is 5.91 Å². The molecule has 1 aromatic heterocycles. The van der Waals surface area contributed by atoms with Gasteiger partial charge in [-0.25, -0.2) is 8.78 Å². The van der Waals surface area contributed by atoms with Gasteiger partial charge < -0.3 is 10.6 Å². The molecule has 0 fully saturated rings. The molecule has 0 aliphatic heterocycles. The average Bonchev–Trinajstić information content (AvgIpc) is 3.02. The van der Waals surface area contributed by atoms with Crippen LogP contribution >= 0.6 is 0 Å². The zero-order chi connectivity index (χ0) is 18.6. The third-order valence-corrected chi connectivity index (χ3v) is 3.55. The van der Waals surface area contributed by atoms with Gasteiger partial charge in [0, 0.05) is 12.7 Å². The molecule has 2 amide bonds. The Balaban J connectivity index is 2.21. The number of hydrogen-bond acceptors (Lipinski definition) is 3. The van der Waals surface area contributed by atoms with E-state index in [1.54, 1.807) is 6.07 Å². The molecule has 0 saturated carbocycles. The lowest BCUT2D eigenvalue weighted by Crippen LogP contribution is -2.39. The van der Waals surface area contributed by atoms with Crippen LogP contribution in [0.15, 0.2) is 24.3 Å². The minimum Gasteiger partial charge on any atom is -0.357 e. The van der Waals surface area contributed by atoms with Crippen molar-refractivity contribution in [2.75, 3.05) is 7.05 Å². The molecule has 134 valence electrons. The summed E-state index contributed by atoms with van der Waals surface area (Å²) in [5.41, 5.74) is 1.04. The van der Waals surface area contributed by atoms with Crippen molar-refractivity contribution in [2.45, 2.75) is 26.3 Å². The first kappa shape index (κ1) is 18.6. The molecular formula is C17H20F2N4O2. The molecular weight excluding hydrogens is 330 g/mol. The summed E-state index contributed by atoms with van der Waals surface area (Å²) in [6.45, 7) is 4.07. The number of nitrogens with one attached hydrogen (secondary N) is 3. The van der Waals surface area contributed by atoms with Gasteiger partial charge in [-0.2, -0.15) is 5.10 Å². The van der Waals surface area contributed by atoms with E-state index in [1.807, 2.05) is 13.8 Å². The number of halogens is 2. The second kappa shape index (κ2) is 7.87. The second-order valence-corrected chi connectivity index (χ2v) is 6.07. The maximum atomic E-state index is 13.5. The molecule has 0 bridgehead atoms. The van der Waals surface area contributed by atoms with E-state index in [4.69, 9.17) is 0 Å². The summed E-state index contributed by atoms with van der Waals surface area (Å²) in [5.74, 6) is -2.89. The Labute approximate surface area is 144 Å². The maximum Gasteiger partial charge on any atom is 0.272 e. The number of hydrogen-bond donors (Lipinski definition) is 3. The highest BCUT2D eigenvalue weighted by Gasteiger charge is 2.24. The van der Waals surface area contributed by atoms with Crippen LogP contribution in [0.5, 0.6) is 0 Å². The van der Waals surface area contributed by atoms with Gasteiger partial charge >= 0.3 is 0 Å². The Kier molecular flexibility index (Phi) is 5.84. The Morgan fingerprint density at radius 1 is 1.20 bits per heavy atom. The van der Waals surface area contributed by atoms with Crippen molar-refractivity contribution in [2.24, 2.45) is 5.92 Å². The van der Waals surface area contributed by atoms with Crippen LogP contribution in [-0.2, 0) is 11.2 Å². The van der Waals surface area contributed by atoms with Crippen molar-refractivity contribution in [3.05, 3.63) is 52.9 Å². The monoisotopic (exact) mass is 350 g/mol. The first-order valence-electron chi connectivity index (χ1n) is 7.83. The molecule has 25 heavy (non-hydrogen) atoms. The van der Waals surface area contributed by atoms with Gasteiger partial charge in [0.1, 0.15) is 11.7 Å². The van der Waals surface area contributed by atoms with E-state index in [1.165, 1.54) is 13.1 Å². The van der Waals surface area contributed by atoms with Crippen molar-refractivity contribution < 1.29 is 18.4 Å². The largest absolute Gasteiger partial charge is 0.357 e.